The fourth-order valence-corrected chi connectivity index (χ4v) is 3.79. The van der Waals surface area contributed by atoms with Gasteiger partial charge in [0.1, 0.15) is 16.9 Å². The molecule has 1 aromatic heterocycles. The lowest BCUT2D eigenvalue weighted by molar-refractivity contribution is 0.0742. The molecule has 0 N–H and O–H groups in total. The van der Waals surface area contributed by atoms with Gasteiger partial charge >= 0.3 is 5.63 Å². The third kappa shape index (κ3) is 3.80. The van der Waals surface area contributed by atoms with Crippen LogP contribution >= 0.6 is 11.6 Å². The normalized spacial score (nSPS) is 14.3. The van der Waals surface area contributed by atoms with E-state index >= 15 is 0 Å². The number of carbonyl (C=O) groups excluding carboxylic acids is 1. The Bertz CT molecular complexity index is 1130. The van der Waals surface area contributed by atoms with Crippen LogP contribution in [-0.4, -0.2) is 44.1 Å². The minimum Gasteiger partial charge on any atom is -0.497 e. The van der Waals surface area contributed by atoms with Crippen LogP contribution in [0.2, 0.25) is 5.02 Å². The van der Waals surface area contributed by atoms with Crippen molar-refractivity contribution in [3.8, 4) is 5.75 Å². The minimum atomic E-state index is -0.624. The van der Waals surface area contributed by atoms with Gasteiger partial charge in [0, 0.05) is 42.3 Å². The number of halogens is 1. The number of hydrogen-bond donors (Lipinski definition) is 0. The quantitative estimate of drug-likeness (QED) is 0.613. The van der Waals surface area contributed by atoms with E-state index in [-0.39, 0.29) is 11.5 Å². The standard InChI is InChI=1S/C22H21ClN2O4/c1-14-3-4-16(23)13-19(14)24-7-9-25(10-8-24)21(26)18-12-15-11-17(28-2)5-6-20(15)29-22(18)27/h3-6,11-13H,7-10H2,1-2H3. The van der Waals surface area contributed by atoms with Crippen LogP contribution in [0.4, 0.5) is 5.69 Å². The summed E-state index contributed by atoms with van der Waals surface area (Å²) in [6, 6.07) is 12.5. The van der Waals surface area contributed by atoms with Crippen molar-refractivity contribution >= 4 is 34.2 Å². The van der Waals surface area contributed by atoms with Crippen molar-refractivity contribution in [2.45, 2.75) is 6.92 Å². The molecule has 1 aliphatic rings. The smallest absolute Gasteiger partial charge is 0.349 e. The number of amides is 1. The van der Waals surface area contributed by atoms with Crippen molar-refractivity contribution < 1.29 is 13.9 Å². The number of anilines is 1. The highest BCUT2D eigenvalue weighted by Gasteiger charge is 2.25. The van der Waals surface area contributed by atoms with Crippen molar-refractivity contribution in [2.75, 3.05) is 38.2 Å². The monoisotopic (exact) mass is 412 g/mol. The predicted octanol–water partition coefficient (Wildman–Crippen LogP) is 3.73. The summed E-state index contributed by atoms with van der Waals surface area (Å²) >= 11 is 6.14. The van der Waals surface area contributed by atoms with Gasteiger partial charge in [0.15, 0.2) is 0 Å². The van der Waals surface area contributed by atoms with E-state index in [1.807, 2.05) is 25.1 Å². The van der Waals surface area contributed by atoms with E-state index in [9.17, 15) is 9.59 Å². The van der Waals surface area contributed by atoms with Crippen LogP contribution in [0.15, 0.2) is 51.7 Å². The molecule has 0 atom stereocenters. The molecule has 0 aliphatic carbocycles. The van der Waals surface area contributed by atoms with Gasteiger partial charge in [-0.2, -0.15) is 0 Å². The summed E-state index contributed by atoms with van der Waals surface area (Å²) in [5.41, 5.74) is 2.05. The summed E-state index contributed by atoms with van der Waals surface area (Å²) in [6.07, 6.45) is 0. The molecule has 29 heavy (non-hydrogen) atoms. The van der Waals surface area contributed by atoms with E-state index in [1.165, 1.54) is 0 Å². The molecule has 2 aromatic carbocycles. The molecule has 1 amide bonds. The lowest BCUT2D eigenvalue weighted by Crippen LogP contribution is -2.49. The van der Waals surface area contributed by atoms with Crippen molar-refractivity contribution in [3.05, 3.63) is 69.0 Å². The highest BCUT2D eigenvalue weighted by molar-refractivity contribution is 6.30. The Morgan fingerprint density at radius 3 is 2.55 bits per heavy atom. The van der Waals surface area contributed by atoms with Gasteiger partial charge in [0.2, 0.25) is 0 Å². The lowest BCUT2D eigenvalue weighted by atomic mass is 10.1. The molecule has 6 nitrogen and oxygen atoms in total. The average molecular weight is 413 g/mol. The van der Waals surface area contributed by atoms with Gasteiger partial charge in [-0.25, -0.2) is 4.79 Å². The Morgan fingerprint density at radius 2 is 1.83 bits per heavy atom. The van der Waals surface area contributed by atoms with Crippen LogP contribution in [0.5, 0.6) is 5.75 Å². The number of benzene rings is 2. The van der Waals surface area contributed by atoms with E-state index < -0.39 is 5.63 Å². The van der Waals surface area contributed by atoms with Gasteiger partial charge in [0.05, 0.1) is 7.11 Å². The van der Waals surface area contributed by atoms with Crippen molar-refractivity contribution in [1.29, 1.82) is 0 Å². The lowest BCUT2D eigenvalue weighted by Gasteiger charge is -2.36. The highest BCUT2D eigenvalue weighted by Crippen LogP contribution is 2.26. The third-order valence-corrected chi connectivity index (χ3v) is 5.48. The molecule has 0 unspecified atom stereocenters. The van der Waals surface area contributed by atoms with Crippen LogP contribution < -0.4 is 15.3 Å². The zero-order valence-corrected chi connectivity index (χ0v) is 17.0. The molecule has 4 rings (SSSR count). The second kappa shape index (κ2) is 7.79. The Labute approximate surface area is 173 Å². The summed E-state index contributed by atoms with van der Waals surface area (Å²) in [5, 5.41) is 1.34. The fourth-order valence-electron chi connectivity index (χ4n) is 3.62. The highest BCUT2D eigenvalue weighted by atomic mass is 35.5. The summed E-state index contributed by atoms with van der Waals surface area (Å²) in [6.45, 7) is 4.40. The molecule has 0 radical (unpaired) electrons. The number of aryl methyl sites for hydroxylation is 1. The summed E-state index contributed by atoms with van der Waals surface area (Å²) < 4.78 is 10.6. The number of piperazine rings is 1. The molecule has 0 spiro atoms. The van der Waals surface area contributed by atoms with Crippen molar-refractivity contribution in [3.63, 3.8) is 0 Å². The summed E-state index contributed by atoms with van der Waals surface area (Å²) in [5.74, 6) is 0.321. The van der Waals surface area contributed by atoms with E-state index in [4.69, 9.17) is 20.8 Å². The first kappa shape index (κ1) is 19.3. The van der Waals surface area contributed by atoms with Gasteiger partial charge in [-0.3, -0.25) is 4.79 Å². The Kier molecular flexibility index (Phi) is 5.20. The average Bonchev–Trinajstić information content (AvgIpc) is 2.74. The number of rotatable bonds is 3. The minimum absolute atomic E-state index is 0.0399. The van der Waals surface area contributed by atoms with Crippen LogP contribution in [0.1, 0.15) is 15.9 Å². The molecule has 1 aliphatic heterocycles. The van der Waals surface area contributed by atoms with Crippen LogP contribution in [0, 0.1) is 6.92 Å². The third-order valence-electron chi connectivity index (χ3n) is 5.25. The molecule has 7 heteroatoms. The second-order valence-corrected chi connectivity index (χ2v) is 7.50. The molecule has 1 saturated heterocycles. The molecule has 3 aromatic rings. The largest absolute Gasteiger partial charge is 0.497 e. The summed E-state index contributed by atoms with van der Waals surface area (Å²) in [4.78, 5) is 29.2. The second-order valence-electron chi connectivity index (χ2n) is 7.06. The molecule has 0 bridgehead atoms. The first-order chi connectivity index (χ1) is 14.0. The van der Waals surface area contributed by atoms with Gasteiger partial charge in [0.25, 0.3) is 5.91 Å². The maximum atomic E-state index is 13.0. The van der Waals surface area contributed by atoms with Gasteiger partial charge in [-0.15, -0.1) is 0 Å². The topological polar surface area (TPSA) is 63.0 Å². The van der Waals surface area contributed by atoms with Crippen LogP contribution in [0.25, 0.3) is 11.0 Å². The number of carbonyl (C=O) groups is 1. The van der Waals surface area contributed by atoms with Gasteiger partial charge < -0.3 is 19.0 Å². The van der Waals surface area contributed by atoms with Crippen LogP contribution in [-0.2, 0) is 0 Å². The predicted molar refractivity (Wildman–Crippen MR) is 113 cm³/mol. The Balaban J connectivity index is 1.54. The molecular formula is C22H21ClN2O4. The SMILES string of the molecule is COc1ccc2oc(=O)c(C(=O)N3CCN(c4cc(Cl)ccc4C)CC3)cc2c1. The van der Waals surface area contributed by atoms with E-state index in [1.54, 1.807) is 36.3 Å². The first-order valence-corrected chi connectivity index (χ1v) is 9.76. The van der Waals surface area contributed by atoms with E-state index in [0.717, 1.165) is 11.3 Å². The fraction of sp³-hybridized carbons (Fsp3) is 0.273. The molecule has 2 heterocycles. The molecule has 1 fully saturated rings. The first-order valence-electron chi connectivity index (χ1n) is 9.38. The number of methoxy groups -OCH3 is 1. The van der Waals surface area contributed by atoms with Crippen molar-refractivity contribution in [2.24, 2.45) is 0 Å². The molecule has 0 saturated carbocycles. The Morgan fingerprint density at radius 1 is 1.07 bits per heavy atom. The van der Waals surface area contributed by atoms with Gasteiger partial charge in [-0.1, -0.05) is 17.7 Å². The maximum Gasteiger partial charge on any atom is 0.349 e. The van der Waals surface area contributed by atoms with E-state index in [0.29, 0.717) is 47.9 Å². The molecular weight excluding hydrogens is 392 g/mol. The number of fused-ring (bicyclic) bond motifs is 1. The summed E-state index contributed by atoms with van der Waals surface area (Å²) in [7, 11) is 1.56. The van der Waals surface area contributed by atoms with Gasteiger partial charge in [-0.05, 0) is 48.9 Å². The maximum absolute atomic E-state index is 13.0. The Hall–Kier alpha value is -2.99. The van der Waals surface area contributed by atoms with E-state index in [2.05, 4.69) is 4.90 Å². The zero-order chi connectivity index (χ0) is 20.5. The zero-order valence-electron chi connectivity index (χ0n) is 16.3. The van der Waals surface area contributed by atoms with Crippen LogP contribution in [0.3, 0.4) is 0 Å². The number of nitrogens with zero attached hydrogens (tertiary/aromatic N) is 2. The number of ether oxygens (including phenoxy) is 1. The number of hydrogen-bond acceptors (Lipinski definition) is 5. The molecule has 150 valence electrons. The van der Waals surface area contributed by atoms with Crippen molar-refractivity contribution in [1.82, 2.24) is 4.90 Å².